The first-order valence-corrected chi connectivity index (χ1v) is 11.9. The van der Waals surface area contributed by atoms with E-state index in [0.29, 0.717) is 23.6 Å². The fourth-order valence-corrected chi connectivity index (χ4v) is 4.82. The Bertz CT molecular complexity index is 1310. The third-order valence-electron chi connectivity index (χ3n) is 6.57. The van der Waals surface area contributed by atoms with Gasteiger partial charge in [0, 0.05) is 10.4 Å². The number of aromatic nitrogens is 2. The summed E-state index contributed by atoms with van der Waals surface area (Å²) in [5.41, 5.74) is 4.71. The van der Waals surface area contributed by atoms with Crippen LogP contribution in [0.15, 0.2) is 72.9 Å². The van der Waals surface area contributed by atoms with Crippen LogP contribution < -0.4 is 0 Å². The standard InChI is InChI=1S/C27H27ClN2O5/c28-21-8-7-18(27-26(34)25(33)24(32)23(15-31)35-27)12-19(21)10-17-6-9-22-20(11-17)13-29-30(22)14-16-4-2-1-3-5-16/h1-9,11-13,23-27,31-34H,10,14-15H2/t23-,24-,25+,26-,27+/m1/s1. The number of rotatable bonds is 6. The van der Waals surface area contributed by atoms with Crippen molar-refractivity contribution >= 4 is 22.5 Å². The van der Waals surface area contributed by atoms with Crippen LogP contribution in [0.4, 0.5) is 0 Å². The van der Waals surface area contributed by atoms with Gasteiger partial charge in [0.2, 0.25) is 0 Å². The van der Waals surface area contributed by atoms with Crippen LogP contribution in [-0.4, -0.2) is 61.2 Å². The van der Waals surface area contributed by atoms with Gasteiger partial charge in [-0.05, 0) is 46.9 Å². The van der Waals surface area contributed by atoms with Gasteiger partial charge in [-0.1, -0.05) is 60.1 Å². The summed E-state index contributed by atoms with van der Waals surface area (Å²) >= 11 is 6.49. The molecule has 2 heterocycles. The molecule has 4 aromatic rings. The first-order valence-electron chi connectivity index (χ1n) is 11.5. The van der Waals surface area contributed by atoms with Crippen LogP contribution >= 0.6 is 11.6 Å². The summed E-state index contributed by atoms with van der Waals surface area (Å²) in [6.07, 6.45) is -3.63. The van der Waals surface area contributed by atoms with E-state index in [1.165, 1.54) is 5.56 Å². The summed E-state index contributed by atoms with van der Waals surface area (Å²) in [5, 5.41) is 46.3. The second-order valence-electron chi connectivity index (χ2n) is 8.96. The molecule has 35 heavy (non-hydrogen) atoms. The maximum atomic E-state index is 10.5. The summed E-state index contributed by atoms with van der Waals surface area (Å²) in [6, 6.07) is 21.6. The van der Waals surface area contributed by atoms with Crippen molar-refractivity contribution in [2.45, 2.75) is 43.5 Å². The molecule has 5 rings (SSSR count). The summed E-state index contributed by atoms with van der Waals surface area (Å²) < 4.78 is 7.68. The van der Waals surface area contributed by atoms with Gasteiger partial charge in [-0.25, -0.2) is 0 Å². The number of aliphatic hydroxyl groups is 4. The Balaban J connectivity index is 1.38. The van der Waals surface area contributed by atoms with Crippen LogP contribution in [0, 0.1) is 0 Å². The van der Waals surface area contributed by atoms with E-state index >= 15 is 0 Å². The van der Waals surface area contributed by atoms with Crippen LogP contribution in [0.25, 0.3) is 10.9 Å². The average Bonchev–Trinajstić information content (AvgIpc) is 3.27. The molecule has 5 atom stereocenters. The van der Waals surface area contributed by atoms with Crippen molar-refractivity contribution in [2.75, 3.05) is 6.61 Å². The zero-order valence-electron chi connectivity index (χ0n) is 18.9. The number of halogens is 1. The van der Waals surface area contributed by atoms with Crippen LogP contribution in [0.5, 0.6) is 0 Å². The van der Waals surface area contributed by atoms with Gasteiger partial charge in [0.05, 0.1) is 24.9 Å². The highest BCUT2D eigenvalue weighted by Crippen LogP contribution is 2.34. The summed E-state index contributed by atoms with van der Waals surface area (Å²) in [5.74, 6) is 0. The Kier molecular flexibility index (Phi) is 6.88. The van der Waals surface area contributed by atoms with Gasteiger partial charge in [-0.15, -0.1) is 0 Å². The number of aliphatic hydroxyl groups excluding tert-OH is 4. The number of hydrogen-bond acceptors (Lipinski definition) is 6. The summed E-state index contributed by atoms with van der Waals surface area (Å²) in [7, 11) is 0. The number of nitrogens with zero attached hydrogens (tertiary/aromatic N) is 2. The molecule has 3 aromatic carbocycles. The maximum Gasteiger partial charge on any atom is 0.113 e. The zero-order chi connectivity index (χ0) is 24.5. The predicted octanol–water partition coefficient (Wildman–Crippen LogP) is 2.84. The van der Waals surface area contributed by atoms with Gasteiger partial charge < -0.3 is 25.2 Å². The highest BCUT2D eigenvalue weighted by molar-refractivity contribution is 6.31. The Morgan fingerprint density at radius 2 is 1.69 bits per heavy atom. The van der Waals surface area contributed by atoms with Crippen LogP contribution in [-0.2, 0) is 17.7 Å². The summed E-state index contributed by atoms with van der Waals surface area (Å²) in [4.78, 5) is 0. The second kappa shape index (κ2) is 10.1. The number of hydrogen-bond donors (Lipinski definition) is 4. The van der Waals surface area contributed by atoms with Crippen molar-refractivity contribution < 1.29 is 25.2 Å². The molecule has 1 aliphatic rings. The van der Waals surface area contributed by atoms with Crippen molar-refractivity contribution in [1.29, 1.82) is 0 Å². The largest absolute Gasteiger partial charge is 0.394 e. The molecule has 0 bridgehead atoms. The van der Waals surface area contributed by atoms with E-state index in [9.17, 15) is 20.4 Å². The average molecular weight is 495 g/mol. The van der Waals surface area contributed by atoms with Crippen LogP contribution in [0.2, 0.25) is 5.02 Å². The quantitative estimate of drug-likeness (QED) is 0.328. The minimum Gasteiger partial charge on any atom is -0.394 e. The molecule has 0 unspecified atom stereocenters. The number of fused-ring (bicyclic) bond motifs is 1. The van der Waals surface area contributed by atoms with Crippen molar-refractivity contribution in [1.82, 2.24) is 9.78 Å². The van der Waals surface area contributed by atoms with E-state index in [-0.39, 0.29) is 0 Å². The fraction of sp³-hybridized carbons (Fsp3) is 0.296. The molecule has 7 nitrogen and oxygen atoms in total. The topological polar surface area (TPSA) is 108 Å². The SMILES string of the molecule is OC[C@H]1O[C@@H](c2ccc(Cl)c(Cc3ccc4c(cnn4Cc4ccccc4)c3)c2)[C@H](O)[C@@H](O)[C@@H]1O. The van der Waals surface area contributed by atoms with Gasteiger partial charge >= 0.3 is 0 Å². The molecule has 1 aliphatic heterocycles. The molecule has 0 saturated carbocycles. The molecular weight excluding hydrogens is 468 g/mol. The number of benzene rings is 3. The smallest absolute Gasteiger partial charge is 0.113 e. The predicted molar refractivity (Wildman–Crippen MR) is 132 cm³/mol. The first-order chi connectivity index (χ1) is 16.9. The molecular formula is C27H27ClN2O5. The van der Waals surface area contributed by atoms with Crippen molar-refractivity contribution in [3.63, 3.8) is 0 Å². The fourth-order valence-electron chi connectivity index (χ4n) is 4.63. The van der Waals surface area contributed by atoms with Crippen molar-refractivity contribution in [2.24, 2.45) is 0 Å². The molecule has 182 valence electrons. The van der Waals surface area contributed by atoms with E-state index in [2.05, 4.69) is 29.4 Å². The lowest BCUT2D eigenvalue weighted by molar-refractivity contribution is -0.231. The van der Waals surface area contributed by atoms with Gasteiger partial charge in [0.1, 0.15) is 30.5 Å². The molecule has 0 radical (unpaired) electrons. The van der Waals surface area contributed by atoms with Crippen molar-refractivity contribution in [3.05, 3.63) is 100 Å². The molecule has 0 amide bonds. The molecule has 8 heteroatoms. The lowest BCUT2D eigenvalue weighted by Crippen LogP contribution is -2.55. The van der Waals surface area contributed by atoms with Crippen LogP contribution in [0.1, 0.15) is 28.4 Å². The zero-order valence-corrected chi connectivity index (χ0v) is 19.7. The minimum absolute atomic E-state index is 0.472. The Labute approximate surface area is 207 Å². The second-order valence-corrected chi connectivity index (χ2v) is 9.37. The van der Waals surface area contributed by atoms with Gasteiger partial charge in [0.15, 0.2) is 0 Å². The van der Waals surface area contributed by atoms with Gasteiger partial charge in [-0.2, -0.15) is 5.10 Å². The first kappa shape index (κ1) is 23.9. The van der Waals surface area contributed by atoms with Gasteiger partial charge in [-0.3, -0.25) is 4.68 Å². The lowest BCUT2D eigenvalue weighted by Gasteiger charge is -2.40. The molecule has 1 aromatic heterocycles. The third kappa shape index (κ3) is 4.84. The number of ether oxygens (including phenoxy) is 1. The molecule has 4 N–H and O–H groups in total. The van der Waals surface area contributed by atoms with E-state index in [1.807, 2.05) is 41.2 Å². The Hall–Kier alpha value is -2.78. The highest BCUT2D eigenvalue weighted by atomic mass is 35.5. The highest BCUT2D eigenvalue weighted by Gasteiger charge is 2.44. The van der Waals surface area contributed by atoms with E-state index in [1.54, 1.807) is 12.1 Å². The monoisotopic (exact) mass is 494 g/mol. The molecule has 1 fully saturated rings. The third-order valence-corrected chi connectivity index (χ3v) is 6.94. The molecule has 0 spiro atoms. The lowest BCUT2D eigenvalue weighted by atomic mass is 9.90. The normalized spacial score (nSPS) is 24.7. The summed E-state index contributed by atoms with van der Waals surface area (Å²) in [6.45, 7) is 0.219. The Morgan fingerprint density at radius 1 is 0.886 bits per heavy atom. The minimum atomic E-state index is -1.43. The molecule has 0 aliphatic carbocycles. The van der Waals surface area contributed by atoms with E-state index in [0.717, 1.165) is 22.0 Å². The maximum absolute atomic E-state index is 10.5. The Morgan fingerprint density at radius 3 is 2.46 bits per heavy atom. The van der Waals surface area contributed by atoms with E-state index in [4.69, 9.17) is 16.3 Å². The van der Waals surface area contributed by atoms with Crippen molar-refractivity contribution in [3.8, 4) is 0 Å². The van der Waals surface area contributed by atoms with E-state index < -0.39 is 37.1 Å². The van der Waals surface area contributed by atoms with Crippen LogP contribution in [0.3, 0.4) is 0 Å². The van der Waals surface area contributed by atoms with Gasteiger partial charge in [0.25, 0.3) is 0 Å². The molecule has 1 saturated heterocycles.